The van der Waals surface area contributed by atoms with Crippen molar-refractivity contribution in [3.05, 3.63) is 0 Å². The molecule has 0 aliphatic rings. The Labute approximate surface area is 105 Å². The predicted molar refractivity (Wildman–Crippen MR) is 66.7 cm³/mol. The van der Waals surface area contributed by atoms with Crippen molar-refractivity contribution in [3.63, 3.8) is 0 Å². The zero-order valence-corrected chi connectivity index (χ0v) is 11.6. The molecule has 0 saturated heterocycles. The lowest BCUT2D eigenvalue weighted by Crippen LogP contribution is -2.34. The first-order valence-corrected chi connectivity index (χ1v) is 6.57. The maximum atomic E-state index is 5.78. The molecule has 1 atom stereocenters. The summed E-state index contributed by atoms with van der Waals surface area (Å²) in [5, 5.41) is 0. The summed E-state index contributed by atoms with van der Waals surface area (Å²) < 4.78 is 16.6. The third kappa shape index (κ3) is 7.23. The van der Waals surface area contributed by atoms with Crippen LogP contribution in [0.25, 0.3) is 0 Å². The second-order valence-electron chi connectivity index (χ2n) is 3.17. The van der Waals surface area contributed by atoms with Gasteiger partial charge >= 0.3 is 0 Å². The number of hydrogen-bond donors (Lipinski definition) is 0. The molecule has 0 aliphatic carbocycles. The van der Waals surface area contributed by atoms with Gasteiger partial charge in [-0.15, -0.1) is 11.6 Å². The van der Waals surface area contributed by atoms with E-state index in [0.29, 0.717) is 32.3 Å². The van der Waals surface area contributed by atoms with Crippen molar-refractivity contribution in [1.82, 2.24) is 0 Å². The Kier molecular flexibility index (Phi) is 9.74. The first kappa shape index (κ1) is 14.9. The summed E-state index contributed by atoms with van der Waals surface area (Å²) >= 11 is 8.05. The zero-order valence-electron chi connectivity index (χ0n) is 8.72. The number of rotatable bonds is 9. The van der Waals surface area contributed by atoms with Crippen LogP contribution in [0.3, 0.4) is 0 Å². The minimum Gasteiger partial charge on any atom is -0.382 e. The van der Waals surface area contributed by atoms with Crippen molar-refractivity contribution in [2.45, 2.75) is 12.5 Å². The molecule has 0 bridgehead atoms. The molecule has 0 fully saturated rings. The van der Waals surface area contributed by atoms with Crippen LogP contribution in [0.4, 0.5) is 0 Å². The zero-order chi connectivity index (χ0) is 10.9. The molecule has 1 unspecified atom stereocenters. The first-order chi connectivity index (χ1) is 6.68. The van der Waals surface area contributed by atoms with Crippen molar-refractivity contribution in [2.75, 3.05) is 43.8 Å². The third-order valence-corrected chi connectivity index (χ3v) is 3.85. The molecule has 0 saturated carbocycles. The van der Waals surface area contributed by atoms with Crippen molar-refractivity contribution >= 4 is 34.2 Å². The minimum absolute atomic E-state index is 0.229. The van der Waals surface area contributed by atoms with E-state index in [4.69, 9.17) is 25.8 Å². The lowest BCUT2D eigenvalue weighted by atomic mass is 10.2. The summed E-state index contributed by atoms with van der Waals surface area (Å²) in [6.45, 7) is 4.41. The number of alkyl halides is 2. The van der Waals surface area contributed by atoms with Crippen LogP contribution in [0.5, 0.6) is 0 Å². The van der Waals surface area contributed by atoms with Gasteiger partial charge in [-0.1, -0.05) is 22.6 Å². The average Bonchev–Trinajstić information content (AvgIpc) is 2.23. The summed E-state index contributed by atoms with van der Waals surface area (Å²) in [7, 11) is 1.65. The maximum absolute atomic E-state index is 5.78. The van der Waals surface area contributed by atoms with Gasteiger partial charge in [0.2, 0.25) is 0 Å². The minimum atomic E-state index is -0.229. The highest BCUT2D eigenvalue weighted by Gasteiger charge is 2.21. The molecule has 0 aliphatic heterocycles. The largest absolute Gasteiger partial charge is 0.382 e. The quantitative estimate of drug-likeness (QED) is 0.367. The molecule has 0 spiro atoms. The lowest BCUT2D eigenvalue weighted by Gasteiger charge is -2.25. The average molecular weight is 337 g/mol. The number of ether oxygens (including phenoxy) is 3. The Balaban J connectivity index is 3.34. The molecule has 5 heteroatoms. The van der Waals surface area contributed by atoms with Gasteiger partial charge < -0.3 is 14.2 Å². The Morgan fingerprint density at radius 3 is 2.36 bits per heavy atom. The first-order valence-electron chi connectivity index (χ1n) is 4.51. The van der Waals surface area contributed by atoms with Crippen LogP contribution in [-0.2, 0) is 14.2 Å². The van der Waals surface area contributed by atoms with E-state index in [2.05, 4.69) is 22.6 Å². The van der Waals surface area contributed by atoms with Gasteiger partial charge in [-0.05, 0) is 6.92 Å². The van der Waals surface area contributed by atoms with E-state index in [-0.39, 0.29) is 5.60 Å². The standard InChI is InChI=1S/C9H18ClIO3/c1-9(7-10,8-11)14-6-5-13-4-3-12-2/h3-8H2,1-2H3. The highest BCUT2D eigenvalue weighted by molar-refractivity contribution is 14.1. The van der Waals surface area contributed by atoms with Gasteiger partial charge in [0.05, 0.1) is 37.9 Å². The molecule has 14 heavy (non-hydrogen) atoms. The van der Waals surface area contributed by atoms with Gasteiger partial charge in [0.1, 0.15) is 0 Å². The van der Waals surface area contributed by atoms with E-state index in [9.17, 15) is 0 Å². The highest BCUT2D eigenvalue weighted by atomic mass is 127. The third-order valence-electron chi connectivity index (χ3n) is 1.68. The Morgan fingerprint density at radius 1 is 1.21 bits per heavy atom. The van der Waals surface area contributed by atoms with E-state index >= 15 is 0 Å². The van der Waals surface area contributed by atoms with Crippen LogP contribution < -0.4 is 0 Å². The SMILES string of the molecule is COCCOCCOC(C)(CCl)CI. The van der Waals surface area contributed by atoms with Crippen LogP contribution in [0, 0.1) is 0 Å². The van der Waals surface area contributed by atoms with E-state index < -0.39 is 0 Å². The highest BCUT2D eigenvalue weighted by Crippen LogP contribution is 2.15. The molecule has 0 aromatic carbocycles. The van der Waals surface area contributed by atoms with Gasteiger partial charge in [0.15, 0.2) is 0 Å². The van der Waals surface area contributed by atoms with E-state index in [0.717, 1.165) is 4.43 Å². The van der Waals surface area contributed by atoms with Gasteiger partial charge in [-0.25, -0.2) is 0 Å². The van der Waals surface area contributed by atoms with Crippen LogP contribution in [0.2, 0.25) is 0 Å². The number of halogens is 2. The van der Waals surface area contributed by atoms with E-state index in [1.807, 2.05) is 6.92 Å². The monoisotopic (exact) mass is 336 g/mol. The molecule has 3 nitrogen and oxygen atoms in total. The van der Waals surface area contributed by atoms with Crippen molar-refractivity contribution in [1.29, 1.82) is 0 Å². The molecule has 0 N–H and O–H groups in total. The van der Waals surface area contributed by atoms with Crippen LogP contribution in [0.1, 0.15) is 6.92 Å². The molecular weight excluding hydrogens is 318 g/mol. The summed E-state index contributed by atoms with van der Waals surface area (Å²) in [6.07, 6.45) is 0. The van der Waals surface area contributed by atoms with Crippen LogP contribution >= 0.6 is 34.2 Å². The van der Waals surface area contributed by atoms with E-state index in [1.165, 1.54) is 0 Å². The van der Waals surface area contributed by atoms with Crippen molar-refractivity contribution in [3.8, 4) is 0 Å². The smallest absolute Gasteiger partial charge is 0.0879 e. The fourth-order valence-corrected chi connectivity index (χ4v) is 1.68. The summed E-state index contributed by atoms with van der Waals surface area (Å²) in [5.41, 5.74) is -0.229. The van der Waals surface area contributed by atoms with E-state index in [1.54, 1.807) is 7.11 Å². The predicted octanol–water partition coefficient (Wildman–Crippen LogP) is 2.10. The van der Waals surface area contributed by atoms with Crippen LogP contribution in [0.15, 0.2) is 0 Å². The molecule has 0 heterocycles. The van der Waals surface area contributed by atoms with Crippen LogP contribution in [-0.4, -0.2) is 49.4 Å². The summed E-state index contributed by atoms with van der Waals surface area (Å²) in [4.78, 5) is 0. The van der Waals surface area contributed by atoms with Crippen molar-refractivity contribution < 1.29 is 14.2 Å². The molecule has 86 valence electrons. The summed E-state index contributed by atoms with van der Waals surface area (Å²) in [6, 6.07) is 0. The topological polar surface area (TPSA) is 27.7 Å². The second kappa shape index (κ2) is 9.15. The second-order valence-corrected chi connectivity index (χ2v) is 4.20. The number of methoxy groups -OCH3 is 1. The Hall–Kier alpha value is 0.900. The Morgan fingerprint density at radius 2 is 1.86 bits per heavy atom. The number of hydrogen-bond acceptors (Lipinski definition) is 3. The van der Waals surface area contributed by atoms with Gasteiger partial charge in [0, 0.05) is 11.5 Å². The van der Waals surface area contributed by atoms with Gasteiger partial charge in [-0.2, -0.15) is 0 Å². The molecule has 0 aromatic heterocycles. The van der Waals surface area contributed by atoms with Crippen molar-refractivity contribution in [2.24, 2.45) is 0 Å². The normalized spacial score (nSPS) is 15.4. The maximum Gasteiger partial charge on any atom is 0.0879 e. The molecule has 0 rings (SSSR count). The fourth-order valence-electron chi connectivity index (χ4n) is 0.704. The molecular formula is C9H18ClIO3. The lowest BCUT2D eigenvalue weighted by molar-refractivity contribution is -0.0345. The molecule has 0 radical (unpaired) electrons. The van der Waals surface area contributed by atoms with Gasteiger partial charge in [0.25, 0.3) is 0 Å². The Bertz CT molecular complexity index is 131. The molecule has 0 aromatic rings. The molecule has 0 amide bonds. The van der Waals surface area contributed by atoms with Gasteiger partial charge in [-0.3, -0.25) is 0 Å². The summed E-state index contributed by atoms with van der Waals surface area (Å²) in [5.74, 6) is 0.508. The fraction of sp³-hybridized carbons (Fsp3) is 1.00.